The van der Waals surface area contributed by atoms with Crippen LogP contribution in [-0.2, 0) is 9.59 Å². The molecule has 0 radical (unpaired) electrons. The molecule has 7 heteroatoms. The van der Waals surface area contributed by atoms with Gasteiger partial charge in [0.25, 0.3) is 0 Å². The van der Waals surface area contributed by atoms with Crippen molar-refractivity contribution in [3.05, 3.63) is 52.6 Å². The number of fused-ring (bicyclic) bond motifs is 1. The normalized spacial score (nSPS) is 17.4. The first-order valence-corrected chi connectivity index (χ1v) is 11.6. The zero-order chi connectivity index (χ0) is 23.5. The van der Waals surface area contributed by atoms with Crippen LogP contribution in [-0.4, -0.2) is 61.5 Å². The first-order chi connectivity index (χ1) is 15.8. The zero-order valence-electron chi connectivity index (χ0n) is 19.9. The largest absolute Gasteiger partial charge is 0.486 e. The minimum Gasteiger partial charge on any atom is -0.486 e. The lowest BCUT2D eigenvalue weighted by Gasteiger charge is -2.28. The van der Waals surface area contributed by atoms with E-state index < -0.39 is 0 Å². The fourth-order valence-corrected chi connectivity index (χ4v) is 4.86. The van der Waals surface area contributed by atoms with Gasteiger partial charge in [-0.2, -0.15) is 0 Å². The van der Waals surface area contributed by atoms with E-state index in [0.717, 1.165) is 53.3 Å². The standard InChI is InChI=1S/C26H33N3O4/c1-17-12-18(2)26(19(3)13-17)27-24(30)15-28(4)16-25(31)29-9-5-6-21(29)20-7-8-22-23(14-20)33-11-10-32-22/h7-8,12-14,21H,5-6,9-11,15-16H2,1-4H3,(H,27,30). The molecule has 1 unspecified atom stereocenters. The van der Waals surface area contributed by atoms with Gasteiger partial charge in [-0.3, -0.25) is 14.5 Å². The van der Waals surface area contributed by atoms with Crippen molar-refractivity contribution in [1.82, 2.24) is 9.80 Å². The number of likely N-dealkylation sites (tertiary alicyclic amines) is 1. The minimum absolute atomic E-state index is 0.0217. The number of carbonyl (C=O) groups excluding carboxylic acids is 2. The van der Waals surface area contributed by atoms with Crippen LogP contribution in [0.3, 0.4) is 0 Å². The highest BCUT2D eigenvalue weighted by Gasteiger charge is 2.31. The summed E-state index contributed by atoms with van der Waals surface area (Å²) in [4.78, 5) is 29.4. The van der Waals surface area contributed by atoms with Crippen LogP contribution < -0.4 is 14.8 Å². The van der Waals surface area contributed by atoms with Crippen molar-refractivity contribution < 1.29 is 19.1 Å². The van der Waals surface area contributed by atoms with E-state index in [9.17, 15) is 9.59 Å². The molecule has 0 saturated carbocycles. The van der Waals surface area contributed by atoms with Crippen molar-refractivity contribution >= 4 is 17.5 Å². The summed E-state index contributed by atoms with van der Waals surface area (Å²) in [6.07, 6.45) is 1.88. The second-order valence-corrected chi connectivity index (χ2v) is 9.14. The Balaban J connectivity index is 1.36. The molecule has 0 spiro atoms. The lowest BCUT2D eigenvalue weighted by molar-refractivity contribution is -0.133. The Kier molecular flexibility index (Phi) is 6.88. The van der Waals surface area contributed by atoms with Crippen LogP contribution in [0.4, 0.5) is 5.69 Å². The number of nitrogens with one attached hydrogen (secondary N) is 1. The predicted molar refractivity (Wildman–Crippen MR) is 128 cm³/mol. The van der Waals surface area contributed by atoms with E-state index in [1.807, 2.05) is 50.9 Å². The number of amides is 2. The molecule has 1 saturated heterocycles. The molecule has 2 heterocycles. The quantitative estimate of drug-likeness (QED) is 0.727. The maximum atomic E-state index is 13.1. The van der Waals surface area contributed by atoms with Crippen LogP contribution in [0, 0.1) is 20.8 Å². The van der Waals surface area contributed by atoms with Crippen molar-refractivity contribution in [2.45, 2.75) is 39.7 Å². The maximum absolute atomic E-state index is 13.1. The summed E-state index contributed by atoms with van der Waals surface area (Å²) in [6.45, 7) is 8.20. The molecule has 0 aromatic heterocycles. The van der Waals surface area contributed by atoms with Crippen molar-refractivity contribution in [2.24, 2.45) is 0 Å². The molecule has 7 nitrogen and oxygen atoms in total. The Bertz CT molecular complexity index is 1030. The number of carbonyl (C=O) groups is 2. The highest BCUT2D eigenvalue weighted by atomic mass is 16.6. The summed E-state index contributed by atoms with van der Waals surface area (Å²) in [5, 5.41) is 3.01. The van der Waals surface area contributed by atoms with Gasteiger partial charge in [0, 0.05) is 12.2 Å². The highest BCUT2D eigenvalue weighted by molar-refractivity contribution is 5.94. The van der Waals surface area contributed by atoms with Crippen LogP contribution in [0.15, 0.2) is 30.3 Å². The molecule has 176 valence electrons. The molecule has 1 fully saturated rings. The summed E-state index contributed by atoms with van der Waals surface area (Å²) >= 11 is 0. The Labute approximate surface area is 195 Å². The van der Waals surface area contributed by atoms with E-state index in [1.165, 1.54) is 5.56 Å². The molecule has 1 N–H and O–H groups in total. The molecule has 2 aromatic carbocycles. The monoisotopic (exact) mass is 451 g/mol. The van der Waals surface area contributed by atoms with Gasteiger partial charge in [-0.15, -0.1) is 0 Å². The molecule has 2 amide bonds. The van der Waals surface area contributed by atoms with Crippen molar-refractivity contribution in [1.29, 1.82) is 0 Å². The maximum Gasteiger partial charge on any atom is 0.238 e. The number of aryl methyl sites for hydroxylation is 3. The van der Waals surface area contributed by atoms with Gasteiger partial charge in [-0.1, -0.05) is 23.8 Å². The van der Waals surface area contributed by atoms with E-state index in [2.05, 4.69) is 17.4 Å². The van der Waals surface area contributed by atoms with Crippen LogP contribution in [0.1, 0.15) is 41.1 Å². The first kappa shape index (κ1) is 23.1. The van der Waals surface area contributed by atoms with Crippen LogP contribution in [0.25, 0.3) is 0 Å². The second-order valence-electron chi connectivity index (χ2n) is 9.14. The fraction of sp³-hybridized carbons (Fsp3) is 0.462. The summed E-state index contributed by atoms with van der Waals surface area (Å²) in [7, 11) is 1.81. The molecule has 33 heavy (non-hydrogen) atoms. The van der Waals surface area contributed by atoms with Crippen molar-refractivity contribution in [3.8, 4) is 11.5 Å². The van der Waals surface area contributed by atoms with E-state index in [0.29, 0.717) is 13.2 Å². The number of anilines is 1. The molecule has 0 aliphatic carbocycles. The number of hydrogen-bond acceptors (Lipinski definition) is 5. The molecule has 2 aromatic rings. The summed E-state index contributed by atoms with van der Waals surface area (Å²) in [6, 6.07) is 10.1. The number of ether oxygens (including phenoxy) is 2. The van der Waals surface area contributed by atoms with Crippen LogP contribution in [0.5, 0.6) is 11.5 Å². The second kappa shape index (κ2) is 9.83. The molecular formula is C26H33N3O4. The molecule has 0 bridgehead atoms. The Morgan fingerprint density at radius 2 is 1.73 bits per heavy atom. The fourth-order valence-electron chi connectivity index (χ4n) is 4.86. The number of nitrogens with zero attached hydrogens (tertiary/aromatic N) is 2. The lowest BCUT2D eigenvalue weighted by atomic mass is 10.0. The smallest absolute Gasteiger partial charge is 0.238 e. The van der Waals surface area contributed by atoms with Gasteiger partial charge in [-0.05, 0) is 69.5 Å². The highest BCUT2D eigenvalue weighted by Crippen LogP contribution is 2.38. The Morgan fingerprint density at radius 1 is 1.03 bits per heavy atom. The first-order valence-electron chi connectivity index (χ1n) is 11.6. The molecule has 2 aliphatic rings. The van der Waals surface area contributed by atoms with Gasteiger partial charge in [0.1, 0.15) is 13.2 Å². The van der Waals surface area contributed by atoms with Crippen LogP contribution in [0.2, 0.25) is 0 Å². The van der Waals surface area contributed by atoms with Crippen molar-refractivity contribution in [3.63, 3.8) is 0 Å². The predicted octanol–water partition coefficient (Wildman–Crippen LogP) is 3.62. The van der Waals surface area contributed by atoms with E-state index in [4.69, 9.17) is 9.47 Å². The van der Waals surface area contributed by atoms with E-state index in [1.54, 1.807) is 4.90 Å². The van der Waals surface area contributed by atoms with Crippen LogP contribution >= 0.6 is 0 Å². The molecule has 4 rings (SSSR count). The van der Waals surface area contributed by atoms with Gasteiger partial charge in [0.05, 0.1) is 19.1 Å². The summed E-state index contributed by atoms with van der Waals surface area (Å²) in [5.41, 5.74) is 5.17. The lowest BCUT2D eigenvalue weighted by Crippen LogP contribution is -2.41. The van der Waals surface area contributed by atoms with Gasteiger partial charge in [-0.25, -0.2) is 0 Å². The third-order valence-electron chi connectivity index (χ3n) is 6.28. The summed E-state index contributed by atoms with van der Waals surface area (Å²) < 4.78 is 11.3. The number of hydrogen-bond donors (Lipinski definition) is 1. The Hall–Kier alpha value is -3.06. The minimum atomic E-state index is -0.120. The topological polar surface area (TPSA) is 71.1 Å². The van der Waals surface area contributed by atoms with Gasteiger partial charge in [0.2, 0.25) is 11.8 Å². The SMILES string of the molecule is Cc1cc(C)c(NC(=O)CN(C)CC(=O)N2CCCC2c2ccc3c(c2)OCCO3)c(C)c1. The Morgan fingerprint density at radius 3 is 2.45 bits per heavy atom. The third kappa shape index (κ3) is 5.30. The average Bonchev–Trinajstić information content (AvgIpc) is 3.26. The van der Waals surface area contributed by atoms with Gasteiger partial charge in [0.15, 0.2) is 11.5 Å². The van der Waals surface area contributed by atoms with E-state index >= 15 is 0 Å². The number of likely N-dealkylation sites (N-methyl/N-ethyl adjacent to an activating group) is 1. The zero-order valence-corrected chi connectivity index (χ0v) is 19.9. The number of rotatable bonds is 6. The summed E-state index contributed by atoms with van der Waals surface area (Å²) in [5.74, 6) is 1.41. The average molecular weight is 452 g/mol. The van der Waals surface area contributed by atoms with Gasteiger partial charge >= 0.3 is 0 Å². The number of benzene rings is 2. The molecule has 2 aliphatic heterocycles. The third-order valence-corrected chi connectivity index (χ3v) is 6.28. The van der Waals surface area contributed by atoms with E-state index in [-0.39, 0.29) is 30.9 Å². The van der Waals surface area contributed by atoms with Gasteiger partial charge < -0.3 is 19.7 Å². The molecular weight excluding hydrogens is 418 g/mol. The van der Waals surface area contributed by atoms with Crippen molar-refractivity contribution in [2.75, 3.05) is 45.2 Å². The molecule has 1 atom stereocenters.